The molecular weight excluding hydrogens is 775 g/mol. The van der Waals surface area contributed by atoms with E-state index in [2.05, 4.69) is 257 Å². The van der Waals surface area contributed by atoms with Crippen LogP contribution in [0.1, 0.15) is 25.0 Å². The number of aromatic nitrogens is 2. The lowest BCUT2D eigenvalue weighted by molar-refractivity contribution is 0.645. The summed E-state index contributed by atoms with van der Waals surface area (Å²) in [6.07, 6.45) is 0. The fourth-order valence-corrected chi connectivity index (χ4v) is 11.2. The number of benzene rings is 9. The van der Waals surface area contributed by atoms with Crippen molar-refractivity contribution in [2.75, 3.05) is 9.80 Å². The maximum atomic E-state index is 2.66. The fraction of sp³-hybridized carbons (Fsp3) is 0.0508. The van der Waals surface area contributed by atoms with Gasteiger partial charge in [0.15, 0.2) is 0 Å². The Labute approximate surface area is 373 Å². The van der Waals surface area contributed by atoms with Crippen LogP contribution in [0, 0.1) is 0 Å². The zero-order valence-electron chi connectivity index (χ0n) is 35.7. The van der Waals surface area contributed by atoms with Crippen LogP contribution in [-0.4, -0.2) is 15.8 Å². The monoisotopic (exact) mass is 818 g/mol. The summed E-state index contributed by atoms with van der Waals surface area (Å²) in [4.78, 5) is 4.89. The van der Waals surface area contributed by atoms with Crippen molar-refractivity contribution in [2.45, 2.75) is 19.3 Å². The number of anilines is 6. The highest BCUT2D eigenvalue weighted by molar-refractivity contribution is 6.99. The predicted octanol–water partition coefficient (Wildman–Crippen LogP) is 13.1. The van der Waals surface area contributed by atoms with Crippen molar-refractivity contribution >= 4 is 90.1 Å². The van der Waals surface area contributed by atoms with Crippen LogP contribution in [0.5, 0.6) is 0 Å². The van der Waals surface area contributed by atoms with Gasteiger partial charge in [0.05, 0.1) is 27.8 Å². The third kappa shape index (κ3) is 5.18. The summed E-state index contributed by atoms with van der Waals surface area (Å²) in [6.45, 7) is 4.87. The van der Waals surface area contributed by atoms with Crippen LogP contribution in [0.15, 0.2) is 224 Å². The smallest absolute Gasteiger partial charge is 0.247 e. The Kier molecular flexibility index (Phi) is 8.01. The van der Waals surface area contributed by atoms with Crippen LogP contribution in [0.3, 0.4) is 0 Å². The van der Waals surface area contributed by atoms with Gasteiger partial charge in [0, 0.05) is 56.0 Å². The zero-order valence-corrected chi connectivity index (χ0v) is 35.7. The largest absolute Gasteiger partial charge is 0.310 e. The first-order chi connectivity index (χ1) is 31.6. The third-order valence-corrected chi connectivity index (χ3v) is 13.9. The maximum Gasteiger partial charge on any atom is 0.247 e. The van der Waals surface area contributed by atoms with Gasteiger partial charge in [0.1, 0.15) is 0 Å². The van der Waals surface area contributed by atoms with Gasteiger partial charge in [0.2, 0.25) is 6.71 Å². The molecule has 2 aliphatic rings. The molecule has 4 nitrogen and oxygen atoms in total. The summed E-state index contributed by atoms with van der Waals surface area (Å²) < 4.78 is 5.18. The van der Waals surface area contributed by atoms with E-state index in [1.807, 2.05) is 0 Å². The Morgan fingerprint density at radius 3 is 1.56 bits per heavy atom. The molecule has 64 heavy (non-hydrogen) atoms. The molecular formula is C59H43BN4. The Morgan fingerprint density at radius 1 is 0.406 bits per heavy atom. The Balaban J connectivity index is 1.25. The summed E-state index contributed by atoms with van der Waals surface area (Å²) >= 11 is 0. The van der Waals surface area contributed by atoms with Gasteiger partial charge < -0.3 is 18.9 Å². The number of rotatable bonds is 7. The highest BCUT2D eigenvalue weighted by atomic mass is 15.2. The first-order valence-corrected chi connectivity index (χ1v) is 22.3. The Morgan fingerprint density at radius 2 is 0.938 bits per heavy atom. The molecule has 0 radical (unpaired) electrons. The quantitative estimate of drug-likeness (QED) is 0.149. The van der Waals surface area contributed by atoms with E-state index in [0.717, 1.165) is 39.8 Å². The SMILES string of the molecule is CC1(C)c2ccccc2B2c3c(cc(N(c4ccccc4)c4ccccc4)cc31)-n1c3c2ccc(N(c2ccccc2)c2ccccc2)c3c2c1c1ccccc1n2-c1ccccc1. The molecule has 0 unspecified atom stereocenters. The van der Waals surface area contributed by atoms with Gasteiger partial charge in [0.25, 0.3) is 0 Å². The summed E-state index contributed by atoms with van der Waals surface area (Å²) in [7, 11) is 0. The predicted molar refractivity (Wildman–Crippen MR) is 270 cm³/mol. The molecule has 302 valence electrons. The van der Waals surface area contributed by atoms with Crippen LogP contribution in [-0.2, 0) is 5.41 Å². The molecule has 0 atom stereocenters. The Hall–Kier alpha value is -8.02. The van der Waals surface area contributed by atoms with E-state index in [-0.39, 0.29) is 12.1 Å². The average molecular weight is 819 g/mol. The summed E-state index contributed by atoms with van der Waals surface area (Å²) in [6, 6.07) is 82.4. The number of hydrogen-bond donors (Lipinski definition) is 0. The summed E-state index contributed by atoms with van der Waals surface area (Å²) in [5.74, 6) is 0. The first-order valence-electron chi connectivity index (χ1n) is 22.3. The molecule has 13 rings (SSSR count). The van der Waals surface area contributed by atoms with E-state index in [1.54, 1.807) is 0 Å². The van der Waals surface area contributed by atoms with E-state index in [0.29, 0.717) is 0 Å². The lowest BCUT2D eigenvalue weighted by Gasteiger charge is -2.43. The molecule has 0 fully saturated rings. The van der Waals surface area contributed by atoms with Crippen LogP contribution in [0.2, 0.25) is 0 Å². The minimum atomic E-state index is -0.287. The molecule has 2 aliphatic heterocycles. The van der Waals surface area contributed by atoms with Gasteiger partial charge in [-0.25, -0.2) is 0 Å². The van der Waals surface area contributed by atoms with Gasteiger partial charge >= 0.3 is 0 Å². The molecule has 0 amide bonds. The van der Waals surface area contributed by atoms with Crippen molar-refractivity contribution in [3.05, 3.63) is 236 Å². The van der Waals surface area contributed by atoms with Crippen LogP contribution < -0.4 is 26.2 Å². The normalized spacial score (nSPS) is 13.2. The maximum absolute atomic E-state index is 2.66. The molecule has 0 bridgehead atoms. The van der Waals surface area contributed by atoms with Crippen molar-refractivity contribution in [1.82, 2.24) is 9.13 Å². The Bertz CT molecular complexity index is 3500. The molecule has 2 aromatic heterocycles. The fourth-order valence-electron chi connectivity index (χ4n) is 11.2. The lowest BCUT2D eigenvalue weighted by Crippen LogP contribution is -2.63. The highest BCUT2D eigenvalue weighted by Gasteiger charge is 2.46. The van der Waals surface area contributed by atoms with Crippen LogP contribution >= 0.6 is 0 Å². The lowest BCUT2D eigenvalue weighted by atomic mass is 9.30. The molecule has 0 N–H and O–H groups in total. The third-order valence-electron chi connectivity index (χ3n) is 13.9. The van der Waals surface area contributed by atoms with E-state index >= 15 is 0 Å². The molecule has 0 saturated carbocycles. The van der Waals surface area contributed by atoms with Gasteiger partial charge in [-0.15, -0.1) is 0 Å². The molecule has 0 aliphatic carbocycles. The van der Waals surface area contributed by atoms with E-state index in [1.165, 1.54) is 66.0 Å². The van der Waals surface area contributed by atoms with E-state index in [4.69, 9.17) is 0 Å². The highest BCUT2D eigenvalue weighted by Crippen LogP contribution is 2.50. The minimum Gasteiger partial charge on any atom is -0.310 e. The van der Waals surface area contributed by atoms with Crippen molar-refractivity contribution in [3.8, 4) is 11.4 Å². The summed E-state index contributed by atoms with van der Waals surface area (Å²) in [5.41, 5.74) is 20.5. The van der Waals surface area contributed by atoms with Crippen molar-refractivity contribution in [1.29, 1.82) is 0 Å². The molecule has 5 heteroatoms. The van der Waals surface area contributed by atoms with Crippen LogP contribution in [0.25, 0.3) is 44.2 Å². The second kappa shape index (κ2) is 14.0. The number of hydrogen-bond acceptors (Lipinski definition) is 2. The van der Waals surface area contributed by atoms with Gasteiger partial charge in [-0.2, -0.15) is 0 Å². The number of nitrogens with zero attached hydrogens (tertiary/aromatic N) is 4. The second-order valence-electron chi connectivity index (χ2n) is 17.7. The number of para-hydroxylation sites is 6. The van der Waals surface area contributed by atoms with E-state index in [9.17, 15) is 0 Å². The summed E-state index contributed by atoms with van der Waals surface area (Å²) in [5, 5.41) is 2.44. The minimum absolute atomic E-state index is 0.0200. The van der Waals surface area contributed by atoms with Gasteiger partial charge in [-0.3, -0.25) is 0 Å². The van der Waals surface area contributed by atoms with Crippen molar-refractivity contribution in [3.63, 3.8) is 0 Å². The topological polar surface area (TPSA) is 16.3 Å². The second-order valence-corrected chi connectivity index (χ2v) is 17.7. The van der Waals surface area contributed by atoms with Crippen molar-refractivity contribution in [2.24, 2.45) is 0 Å². The van der Waals surface area contributed by atoms with E-state index < -0.39 is 0 Å². The van der Waals surface area contributed by atoms with Crippen molar-refractivity contribution < 1.29 is 0 Å². The first kappa shape index (κ1) is 36.6. The molecule has 0 spiro atoms. The molecule has 4 heterocycles. The van der Waals surface area contributed by atoms with Crippen LogP contribution in [0.4, 0.5) is 34.1 Å². The van der Waals surface area contributed by atoms with Gasteiger partial charge in [-0.1, -0.05) is 159 Å². The zero-order chi connectivity index (χ0) is 42.5. The average Bonchev–Trinajstić information content (AvgIpc) is 3.88. The van der Waals surface area contributed by atoms with Gasteiger partial charge in [-0.05, 0) is 107 Å². The standard InChI is InChI=1S/C59H43BN4/c1-59(2)47-33-19-20-34-49(47)60-50-36-37-52(62(42-26-12-5-13-27-42)43-28-14-6-15-29-43)54-57(50)64(56-46-32-18-21-35-51(46)63(58(54)56)44-30-16-7-17-31-44)53-39-45(38-48(59)55(53)60)61(40-22-8-3-9-23-40)41-24-10-4-11-25-41/h3-39H,1-2H3. The number of fused-ring (bicyclic) bond motifs is 9. The molecule has 11 aromatic rings. The molecule has 0 saturated heterocycles. The molecule has 9 aromatic carbocycles.